The zero-order valence-corrected chi connectivity index (χ0v) is 20.9. The van der Waals surface area contributed by atoms with Gasteiger partial charge in [0.15, 0.2) is 0 Å². The van der Waals surface area contributed by atoms with Gasteiger partial charge < -0.3 is 24.8 Å². The average Bonchev–Trinajstić information content (AvgIpc) is 2.85. The van der Waals surface area contributed by atoms with E-state index in [2.05, 4.69) is 14.8 Å². The number of halogens is 9. The highest BCUT2D eigenvalue weighted by atomic mass is 19.4. The van der Waals surface area contributed by atoms with Gasteiger partial charge in [0.2, 0.25) is 0 Å². The minimum Gasteiger partial charge on any atom is -0.497 e. The molecule has 0 saturated carbocycles. The summed E-state index contributed by atoms with van der Waals surface area (Å²) in [6, 6.07) is 12.8. The number of alkyl halides is 9. The summed E-state index contributed by atoms with van der Waals surface area (Å²) in [5, 5.41) is 3.95. The highest BCUT2D eigenvalue weighted by Gasteiger charge is 2.40. The van der Waals surface area contributed by atoms with E-state index in [0.29, 0.717) is 11.3 Å². The van der Waals surface area contributed by atoms with E-state index in [1.54, 1.807) is 5.32 Å². The first-order valence-corrected chi connectivity index (χ1v) is 11.5. The van der Waals surface area contributed by atoms with E-state index < -0.39 is 48.5 Å². The van der Waals surface area contributed by atoms with Crippen LogP contribution >= 0.6 is 0 Å². The maximum atomic E-state index is 13.0. The van der Waals surface area contributed by atoms with Crippen molar-refractivity contribution in [3.05, 3.63) is 89.5 Å². The Hall–Kier alpha value is -4.30. The largest absolute Gasteiger partial charge is 0.573 e. The Morgan fingerprint density at radius 2 is 1.20 bits per heavy atom. The molecule has 0 aliphatic heterocycles. The molecule has 0 fully saturated rings. The molecule has 15 heteroatoms. The van der Waals surface area contributed by atoms with Crippen molar-refractivity contribution < 1.29 is 58.5 Å². The van der Waals surface area contributed by atoms with Crippen molar-refractivity contribution in [2.45, 2.75) is 30.9 Å². The summed E-state index contributed by atoms with van der Waals surface area (Å²) < 4.78 is 130. The first kappa shape index (κ1) is 31.2. The second-order valence-electron chi connectivity index (χ2n) is 8.50. The van der Waals surface area contributed by atoms with Gasteiger partial charge >= 0.3 is 24.9 Å². The van der Waals surface area contributed by atoms with Gasteiger partial charge in [-0.2, -0.15) is 13.2 Å². The predicted octanol–water partition coefficient (Wildman–Crippen LogP) is 6.84. The molecule has 0 aliphatic carbocycles. The standard InChI is InChI=1S/C26H21F9N2O4/c1-39-19-10-8-16(9-11-19)14-23(37-22(38)36-15-24(27,28)29,17-4-2-6-20(12-17)40-25(30,31)32)18-5-3-7-21(13-18)41-26(33,34)35/h2-13H,14-15H2,1H3,(H2,36,37,38). The molecule has 0 saturated heterocycles. The van der Waals surface area contributed by atoms with Crippen LogP contribution in [0.2, 0.25) is 0 Å². The number of hydrogen-bond donors (Lipinski definition) is 2. The molecule has 3 aromatic rings. The van der Waals surface area contributed by atoms with Gasteiger partial charge in [0.1, 0.15) is 23.8 Å². The number of urea groups is 1. The van der Waals surface area contributed by atoms with Gasteiger partial charge in [-0.3, -0.25) is 0 Å². The minimum atomic E-state index is -5.13. The first-order chi connectivity index (χ1) is 19.0. The number of methoxy groups -OCH3 is 1. The van der Waals surface area contributed by atoms with E-state index in [9.17, 15) is 44.3 Å². The van der Waals surface area contributed by atoms with E-state index in [0.717, 1.165) is 36.4 Å². The summed E-state index contributed by atoms with van der Waals surface area (Å²) >= 11 is 0. The lowest BCUT2D eigenvalue weighted by molar-refractivity contribution is -0.275. The van der Waals surface area contributed by atoms with Gasteiger partial charge in [0.25, 0.3) is 0 Å². The summed E-state index contributed by atoms with van der Waals surface area (Å²) in [5.41, 5.74) is -2.02. The van der Waals surface area contributed by atoms with Crippen molar-refractivity contribution in [2.24, 2.45) is 0 Å². The van der Waals surface area contributed by atoms with E-state index in [1.807, 2.05) is 0 Å². The quantitative estimate of drug-likeness (QED) is 0.266. The van der Waals surface area contributed by atoms with Crippen LogP contribution in [0, 0.1) is 0 Å². The molecule has 0 unspecified atom stereocenters. The summed E-state index contributed by atoms with van der Waals surface area (Å²) in [4.78, 5) is 12.8. The third-order valence-electron chi connectivity index (χ3n) is 5.53. The maximum Gasteiger partial charge on any atom is 0.573 e. The Morgan fingerprint density at radius 1 is 0.707 bits per heavy atom. The van der Waals surface area contributed by atoms with Crippen LogP contribution in [0.4, 0.5) is 44.3 Å². The van der Waals surface area contributed by atoms with Crippen LogP contribution in [0.25, 0.3) is 0 Å². The number of nitrogens with one attached hydrogen (secondary N) is 2. The van der Waals surface area contributed by atoms with Crippen LogP contribution in [0.1, 0.15) is 16.7 Å². The highest BCUT2D eigenvalue weighted by molar-refractivity contribution is 5.76. The Morgan fingerprint density at radius 3 is 1.61 bits per heavy atom. The molecule has 0 spiro atoms. The van der Waals surface area contributed by atoms with Gasteiger partial charge in [-0.05, 0) is 53.1 Å². The van der Waals surface area contributed by atoms with Gasteiger partial charge in [-0.25, -0.2) is 4.79 Å². The topological polar surface area (TPSA) is 68.8 Å². The van der Waals surface area contributed by atoms with Gasteiger partial charge in [-0.1, -0.05) is 36.4 Å². The van der Waals surface area contributed by atoms with Crippen molar-refractivity contribution in [2.75, 3.05) is 13.7 Å². The second kappa shape index (κ2) is 12.1. The van der Waals surface area contributed by atoms with E-state index in [1.165, 1.54) is 43.5 Å². The zero-order valence-electron chi connectivity index (χ0n) is 20.9. The molecule has 222 valence electrons. The van der Waals surface area contributed by atoms with Crippen molar-refractivity contribution >= 4 is 6.03 Å². The van der Waals surface area contributed by atoms with Crippen LogP contribution in [0.3, 0.4) is 0 Å². The Labute approximate surface area is 227 Å². The van der Waals surface area contributed by atoms with Crippen LogP contribution < -0.4 is 24.8 Å². The number of ether oxygens (including phenoxy) is 3. The van der Waals surface area contributed by atoms with Crippen molar-refractivity contribution in [3.8, 4) is 17.2 Å². The molecule has 0 atom stereocenters. The second-order valence-corrected chi connectivity index (χ2v) is 8.50. The van der Waals surface area contributed by atoms with Gasteiger partial charge in [0, 0.05) is 6.42 Å². The molecule has 41 heavy (non-hydrogen) atoms. The lowest BCUT2D eigenvalue weighted by Gasteiger charge is -2.37. The van der Waals surface area contributed by atoms with Crippen LogP contribution in [-0.2, 0) is 12.0 Å². The van der Waals surface area contributed by atoms with Crippen LogP contribution in [0.5, 0.6) is 17.2 Å². The fraction of sp³-hybridized carbons (Fsp3) is 0.269. The Kier molecular flexibility index (Phi) is 9.19. The minimum absolute atomic E-state index is 0.165. The Bertz CT molecular complexity index is 1260. The number of benzene rings is 3. The fourth-order valence-corrected chi connectivity index (χ4v) is 3.94. The molecule has 3 rings (SSSR count). The lowest BCUT2D eigenvalue weighted by Crippen LogP contribution is -2.53. The summed E-state index contributed by atoms with van der Waals surface area (Å²) in [6.07, 6.45) is -15.4. The molecular formula is C26H21F9N2O4. The molecule has 2 N–H and O–H groups in total. The van der Waals surface area contributed by atoms with E-state index >= 15 is 0 Å². The smallest absolute Gasteiger partial charge is 0.497 e. The molecule has 0 aromatic heterocycles. The lowest BCUT2D eigenvalue weighted by atomic mass is 9.77. The summed E-state index contributed by atoms with van der Waals surface area (Å²) in [6.45, 7) is -1.77. The molecule has 6 nitrogen and oxygen atoms in total. The van der Waals surface area contributed by atoms with Crippen molar-refractivity contribution in [1.29, 1.82) is 0 Å². The van der Waals surface area contributed by atoms with Crippen LogP contribution in [-0.4, -0.2) is 38.6 Å². The predicted molar refractivity (Wildman–Crippen MR) is 126 cm³/mol. The average molecular weight is 596 g/mol. The zero-order chi connectivity index (χ0) is 30.5. The third-order valence-corrected chi connectivity index (χ3v) is 5.53. The van der Waals surface area contributed by atoms with Gasteiger partial charge in [0.05, 0.1) is 12.6 Å². The SMILES string of the molecule is COc1ccc(CC(NC(=O)NCC(F)(F)F)(c2cccc(OC(F)(F)F)c2)c2cccc(OC(F)(F)F)c2)cc1. The fourth-order valence-electron chi connectivity index (χ4n) is 3.94. The Balaban J connectivity index is 2.24. The number of hydrogen-bond acceptors (Lipinski definition) is 4. The molecule has 2 amide bonds. The number of rotatable bonds is 9. The molecule has 0 aliphatic rings. The maximum absolute atomic E-state index is 13.0. The number of amides is 2. The van der Waals surface area contributed by atoms with Crippen molar-refractivity contribution in [3.63, 3.8) is 0 Å². The summed E-state index contributed by atoms with van der Waals surface area (Å²) in [7, 11) is 1.38. The highest BCUT2D eigenvalue weighted by Crippen LogP contribution is 2.38. The van der Waals surface area contributed by atoms with Crippen LogP contribution in [0.15, 0.2) is 72.8 Å². The van der Waals surface area contributed by atoms with E-state index in [4.69, 9.17) is 4.74 Å². The number of carbonyl (C=O) groups excluding carboxylic acids is 1. The molecule has 0 heterocycles. The monoisotopic (exact) mass is 596 g/mol. The molecular weight excluding hydrogens is 575 g/mol. The number of carbonyl (C=O) groups is 1. The molecule has 3 aromatic carbocycles. The van der Waals surface area contributed by atoms with E-state index in [-0.39, 0.29) is 17.5 Å². The third kappa shape index (κ3) is 9.39. The van der Waals surface area contributed by atoms with Crippen molar-refractivity contribution in [1.82, 2.24) is 10.6 Å². The molecule has 0 radical (unpaired) electrons. The normalized spacial score (nSPS) is 12.4. The van der Waals surface area contributed by atoms with Gasteiger partial charge in [-0.15, -0.1) is 26.3 Å². The molecule has 0 bridgehead atoms. The first-order valence-electron chi connectivity index (χ1n) is 11.5. The summed E-state index contributed by atoms with van der Waals surface area (Å²) in [5.74, 6) is -1.11.